The first-order chi connectivity index (χ1) is 8.85. The zero-order valence-electron chi connectivity index (χ0n) is 12.0. The van der Waals surface area contributed by atoms with Gasteiger partial charge in [0.1, 0.15) is 0 Å². The van der Waals surface area contributed by atoms with Crippen LogP contribution in [-0.4, -0.2) is 29.9 Å². The molecule has 0 saturated carbocycles. The number of carboxylic acid groups (broad SMARTS) is 1. The number of carbonyl (C=O) groups is 1. The summed E-state index contributed by atoms with van der Waals surface area (Å²) in [6, 6.07) is 0. The van der Waals surface area contributed by atoms with Crippen LogP contribution in [0.1, 0.15) is 40.5 Å². The van der Waals surface area contributed by atoms with Crippen molar-refractivity contribution < 1.29 is 23.5 Å². The van der Waals surface area contributed by atoms with Crippen LogP contribution in [0.15, 0.2) is 11.1 Å². The predicted molar refractivity (Wildman–Crippen MR) is 73.4 cm³/mol. The molecule has 1 rings (SSSR count). The molecule has 110 valence electrons. The molecule has 1 aliphatic carbocycles. The van der Waals surface area contributed by atoms with Gasteiger partial charge in [-0.05, 0) is 40.5 Å². The third-order valence-electron chi connectivity index (χ3n) is 3.58. The molecular weight excluding hydrogens is 267 g/mol. The molecule has 0 aromatic carbocycles. The molecule has 1 N–H and O–H groups in total. The monoisotopic (exact) mass is 290 g/mol. The van der Waals surface area contributed by atoms with E-state index in [0.717, 1.165) is 11.1 Å². The summed E-state index contributed by atoms with van der Waals surface area (Å²) in [6.07, 6.45) is 0.871. The average molecular weight is 290 g/mol. The summed E-state index contributed by atoms with van der Waals surface area (Å²) in [4.78, 5) is 11.4. The molecule has 0 fully saturated rings. The minimum absolute atomic E-state index is 0.252. The van der Waals surface area contributed by atoms with Crippen molar-refractivity contribution in [1.29, 1.82) is 0 Å². The van der Waals surface area contributed by atoms with Gasteiger partial charge in [0.25, 0.3) is 0 Å². The maximum Gasteiger partial charge on any atom is 0.334 e. The number of hydrogen-bond acceptors (Lipinski definition) is 4. The zero-order chi connectivity index (χ0) is 14.6. The van der Waals surface area contributed by atoms with E-state index in [0.29, 0.717) is 12.8 Å². The third-order valence-corrected chi connectivity index (χ3v) is 6.17. The van der Waals surface area contributed by atoms with Crippen LogP contribution in [0.25, 0.3) is 0 Å². The van der Waals surface area contributed by atoms with Crippen LogP contribution < -0.4 is 0 Å². The van der Waals surface area contributed by atoms with E-state index in [1.165, 1.54) is 0 Å². The van der Waals surface area contributed by atoms with Crippen LogP contribution in [0.4, 0.5) is 0 Å². The van der Waals surface area contributed by atoms with Gasteiger partial charge in [0, 0.05) is 0 Å². The highest BCUT2D eigenvalue weighted by molar-refractivity contribution is 7.54. The van der Waals surface area contributed by atoms with Crippen molar-refractivity contribution in [2.45, 2.75) is 46.2 Å². The van der Waals surface area contributed by atoms with E-state index >= 15 is 0 Å². The molecule has 0 bridgehead atoms. The van der Waals surface area contributed by atoms with Crippen LogP contribution >= 0.6 is 7.60 Å². The van der Waals surface area contributed by atoms with Crippen LogP contribution in [-0.2, 0) is 18.4 Å². The lowest BCUT2D eigenvalue weighted by Crippen LogP contribution is -2.33. The largest absolute Gasteiger partial charge is 0.481 e. The number of carboxylic acids is 1. The van der Waals surface area contributed by atoms with E-state index in [2.05, 4.69) is 0 Å². The molecule has 0 unspecified atom stereocenters. The molecule has 0 aromatic heterocycles. The van der Waals surface area contributed by atoms with Gasteiger partial charge in [-0.25, -0.2) is 0 Å². The maximum atomic E-state index is 12.8. The second-order valence-corrected chi connectivity index (χ2v) is 7.12. The van der Waals surface area contributed by atoms with E-state index in [9.17, 15) is 14.5 Å². The molecule has 5 nitrogen and oxygen atoms in total. The molecule has 2 atom stereocenters. The van der Waals surface area contributed by atoms with Crippen molar-refractivity contribution in [2.75, 3.05) is 13.2 Å². The second-order valence-electron chi connectivity index (χ2n) is 4.86. The lowest BCUT2D eigenvalue weighted by atomic mass is 9.85. The summed E-state index contributed by atoms with van der Waals surface area (Å²) in [6.45, 7) is 7.84. The molecule has 0 radical (unpaired) electrons. The van der Waals surface area contributed by atoms with Crippen molar-refractivity contribution in [1.82, 2.24) is 0 Å². The molecule has 19 heavy (non-hydrogen) atoms. The fraction of sp³-hybridized carbons (Fsp3) is 0.769. The SMILES string of the molecule is CCOP(=O)(OCC)[C@H]1CC(C)=C(C)C[C@@H]1C(=O)O. The highest BCUT2D eigenvalue weighted by Crippen LogP contribution is 2.59. The molecule has 6 heteroatoms. The van der Waals surface area contributed by atoms with Crippen LogP contribution in [0.2, 0.25) is 0 Å². The Morgan fingerprint density at radius 3 is 2.11 bits per heavy atom. The fourth-order valence-corrected chi connectivity index (χ4v) is 4.79. The molecule has 0 heterocycles. The highest BCUT2D eigenvalue weighted by Gasteiger charge is 2.46. The van der Waals surface area contributed by atoms with E-state index in [4.69, 9.17) is 9.05 Å². The lowest BCUT2D eigenvalue weighted by molar-refractivity contribution is -0.142. The molecule has 0 aliphatic heterocycles. The van der Waals surface area contributed by atoms with E-state index < -0.39 is 25.1 Å². The minimum Gasteiger partial charge on any atom is -0.481 e. The van der Waals surface area contributed by atoms with Crippen LogP contribution in [0, 0.1) is 5.92 Å². The van der Waals surface area contributed by atoms with Crippen molar-refractivity contribution in [3.63, 3.8) is 0 Å². The predicted octanol–water partition coefficient (Wildman–Crippen LogP) is 3.45. The normalized spacial score (nSPS) is 24.6. The summed E-state index contributed by atoms with van der Waals surface area (Å²) < 4.78 is 23.4. The molecule has 0 saturated heterocycles. The minimum atomic E-state index is -3.38. The number of hydrogen-bond donors (Lipinski definition) is 1. The smallest absolute Gasteiger partial charge is 0.334 e. The Morgan fingerprint density at radius 2 is 1.68 bits per heavy atom. The van der Waals surface area contributed by atoms with Gasteiger partial charge in [0.05, 0.1) is 24.8 Å². The quantitative estimate of drug-likeness (QED) is 0.599. The van der Waals surface area contributed by atoms with Gasteiger partial charge in [-0.3, -0.25) is 9.36 Å². The Labute approximate surface area is 114 Å². The van der Waals surface area contributed by atoms with Gasteiger partial charge in [-0.15, -0.1) is 0 Å². The van der Waals surface area contributed by atoms with E-state index in [1.807, 2.05) is 13.8 Å². The topological polar surface area (TPSA) is 72.8 Å². The van der Waals surface area contributed by atoms with Gasteiger partial charge >= 0.3 is 13.6 Å². The van der Waals surface area contributed by atoms with E-state index in [-0.39, 0.29) is 13.2 Å². The van der Waals surface area contributed by atoms with Crippen LogP contribution in [0.5, 0.6) is 0 Å². The molecule has 1 aliphatic rings. The molecule has 0 spiro atoms. The maximum absolute atomic E-state index is 12.8. The molecule has 0 aromatic rings. The standard InChI is InChI=1S/C13H23O5P/c1-5-17-19(16,18-6-2)12-8-10(4)9(3)7-11(12)13(14)15/h11-12H,5-8H2,1-4H3,(H,14,15)/t11-,12-/m0/s1. The summed E-state index contributed by atoms with van der Waals surface area (Å²) in [5.74, 6) is -1.64. The second kappa shape index (κ2) is 6.69. The summed E-state index contributed by atoms with van der Waals surface area (Å²) in [5.41, 5.74) is 1.55. The Kier molecular flexibility index (Phi) is 5.78. The van der Waals surface area contributed by atoms with Crippen molar-refractivity contribution in [3.05, 3.63) is 11.1 Å². The van der Waals surface area contributed by atoms with Gasteiger partial charge in [0.15, 0.2) is 0 Å². The zero-order valence-corrected chi connectivity index (χ0v) is 12.9. The van der Waals surface area contributed by atoms with Crippen molar-refractivity contribution in [3.8, 4) is 0 Å². The van der Waals surface area contributed by atoms with Gasteiger partial charge < -0.3 is 14.2 Å². The van der Waals surface area contributed by atoms with Crippen molar-refractivity contribution >= 4 is 13.6 Å². The first-order valence-electron chi connectivity index (χ1n) is 6.62. The van der Waals surface area contributed by atoms with Gasteiger partial charge in [-0.1, -0.05) is 11.1 Å². The number of aliphatic carboxylic acids is 1. The van der Waals surface area contributed by atoms with E-state index in [1.54, 1.807) is 13.8 Å². The first-order valence-corrected chi connectivity index (χ1v) is 8.23. The Balaban J connectivity index is 3.11. The Morgan fingerprint density at radius 1 is 1.21 bits per heavy atom. The number of allylic oxidation sites excluding steroid dienone is 2. The Bertz CT molecular complexity index is 405. The fourth-order valence-electron chi connectivity index (χ4n) is 2.44. The van der Waals surface area contributed by atoms with Crippen LogP contribution in [0.3, 0.4) is 0 Å². The summed E-state index contributed by atoms with van der Waals surface area (Å²) >= 11 is 0. The number of rotatable bonds is 6. The lowest BCUT2D eigenvalue weighted by Gasteiger charge is -2.34. The van der Waals surface area contributed by atoms with Crippen molar-refractivity contribution in [2.24, 2.45) is 5.92 Å². The summed E-state index contributed by atoms with van der Waals surface area (Å²) in [5, 5.41) is 9.36. The van der Waals surface area contributed by atoms with Gasteiger partial charge in [0.2, 0.25) is 0 Å². The van der Waals surface area contributed by atoms with Gasteiger partial charge in [-0.2, -0.15) is 0 Å². The third kappa shape index (κ3) is 3.68. The molecular formula is C13H23O5P. The summed E-state index contributed by atoms with van der Waals surface area (Å²) in [7, 11) is -3.38. The highest BCUT2D eigenvalue weighted by atomic mass is 31.2. The molecule has 0 amide bonds. The average Bonchev–Trinajstić information content (AvgIpc) is 2.32. The Hall–Kier alpha value is -0.640. The first kappa shape index (κ1) is 16.4.